The maximum Gasteiger partial charge on any atom is 0.151 e. The predicted molar refractivity (Wildman–Crippen MR) is 55.8 cm³/mol. The standard InChI is InChI=1S/C12H7FN2O/c13-10-1-3-11(4-2-10)15-7-9(8-16)5-12(15)6-14/h1-5,7-8H. The third-order valence-electron chi connectivity index (χ3n) is 2.20. The fourth-order valence-corrected chi connectivity index (χ4v) is 1.45. The van der Waals surface area contributed by atoms with Crippen LogP contribution in [-0.4, -0.2) is 10.9 Å². The Morgan fingerprint density at radius 1 is 1.31 bits per heavy atom. The minimum atomic E-state index is -0.343. The highest BCUT2D eigenvalue weighted by Gasteiger charge is 2.06. The van der Waals surface area contributed by atoms with E-state index >= 15 is 0 Å². The Morgan fingerprint density at radius 2 is 2.00 bits per heavy atom. The molecule has 3 nitrogen and oxygen atoms in total. The van der Waals surface area contributed by atoms with Crippen LogP contribution in [0.3, 0.4) is 0 Å². The van der Waals surface area contributed by atoms with Gasteiger partial charge in [-0.05, 0) is 30.3 Å². The van der Waals surface area contributed by atoms with Gasteiger partial charge in [-0.15, -0.1) is 0 Å². The summed E-state index contributed by atoms with van der Waals surface area (Å²) in [5, 5.41) is 8.88. The molecule has 0 saturated heterocycles. The highest BCUT2D eigenvalue weighted by atomic mass is 19.1. The highest BCUT2D eigenvalue weighted by molar-refractivity contribution is 5.75. The van der Waals surface area contributed by atoms with Crippen LogP contribution in [0.15, 0.2) is 36.5 Å². The number of hydrogen-bond donors (Lipinski definition) is 0. The topological polar surface area (TPSA) is 45.8 Å². The summed E-state index contributed by atoms with van der Waals surface area (Å²) >= 11 is 0. The first-order valence-corrected chi connectivity index (χ1v) is 4.58. The van der Waals surface area contributed by atoms with Crippen molar-refractivity contribution in [3.05, 3.63) is 53.6 Å². The van der Waals surface area contributed by atoms with Gasteiger partial charge in [-0.3, -0.25) is 4.79 Å². The maximum atomic E-state index is 12.7. The molecule has 0 bridgehead atoms. The van der Waals surface area contributed by atoms with Crippen molar-refractivity contribution in [2.45, 2.75) is 0 Å². The van der Waals surface area contributed by atoms with Crippen molar-refractivity contribution in [2.75, 3.05) is 0 Å². The van der Waals surface area contributed by atoms with Gasteiger partial charge in [0, 0.05) is 17.4 Å². The van der Waals surface area contributed by atoms with Crippen LogP contribution < -0.4 is 0 Å². The molecular formula is C12H7FN2O. The number of nitrogens with zero attached hydrogens (tertiary/aromatic N) is 2. The molecule has 0 unspecified atom stereocenters. The molecule has 0 aliphatic carbocycles. The van der Waals surface area contributed by atoms with Crippen molar-refractivity contribution in [1.82, 2.24) is 4.57 Å². The number of carbonyl (C=O) groups excluding carboxylic acids is 1. The van der Waals surface area contributed by atoms with Crippen LogP contribution in [0.2, 0.25) is 0 Å². The van der Waals surface area contributed by atoms with E-state index in [0.717, 1.165) is 0 Å². The molecule has 1 aromatic carbocycles. The first-order chi connectivity index (χ1) is 7.74. The van der Waals surface area contributed by atoms with Gasteiger partial charge in [0.2, 0.25) is 0 Å². The zero-order chi connectivity index (χ0) is 11.5. The van der Waals surface area contributed by atoms with E-state index in [4.69, 9.17) is 5.26 Å². The monoisotopic (exact) mass is 214 g/mol. The molecule has 0 saturated carbocycles. The van der Waals surface area contributed by atoms with Crippen LogP contribution in [0.25, 0.3) is 5.69 Å². The zero-order valence-corrected chi connectivity index (χ0v) is 8.22. The molecule has 2 aromatic rings. The Balaban J connectivity index is 2.55. The van der Waals surface area contributed by atoms with Gasteiger partial charge in [-0.25, -0.2) is 4.39 Å². The minimum absolute atomic E-state index is 0.341. The smallest absolute Gasteiger partial charge is 0.151 e. The summed E-state index contributed by atoms with van der Waals surface area (Å²) in [4.78, 5) is 10.6. The highest BCUT2D eigenvalue weighted by Crippen LogP contribution is 2.15. The fraction of sp³-hybridized carbons (Fsp3) is 0. The number of halogens is 1. The number of carbonyl (C=O) groups is 1. The Bertz CT molecular complexity index is 564. The van der Waals surface area contributed by atoms with E-state index in [1.807, 2.05) is 6.07 Å². The second-order valence-corrected chi connectivity index (χ2v) is 3.23. The molecular weight excluding hydrogens is 207 g/mol. The van der Waals surface area contributed by atoms with Crippen molar-refractivity contribution < 1.29 is 9.18 Å². The molecule has 16 heavy (non-hydrogen) atoms. The normalized spacial score (nSPS) is 9.75. The SMILES string of the molecule is N#Cc1cc(C=O)cn1-c1ccc(F)cc1. The molecule has 0 fully saturated rings. The van der Waals surface area contributed by atoms with Crippen LogP contribution >= 0.6 is 0 Å². The summed E-state index contributed by atoms with van der Waals surface area (Å²) in [6.45, 7) is 0. The van der Waals surface area contributed by atoms with E-state index in [1.54, 1.807) is 22.9 Å². The summed E-state index contributed by atoms with van der Waals surface area (Å²) in [5.74, 6) is -0.343. The summed E-state index contributed by atoms with van der Waals surface area (Å²) in [6, 6.07) is 9.15. The molecule has 1 heterocycles. The van der Waals surface area contributed by atoms with E-state index < -0.39 is 0 Å². The Morgan fingerprint density at radius 3 is 2.56 bits per heavy atom. The van der Waals surface area contributed by atoms with Crippen molar-refractivity contribution >= 4 is 6.29 Å². The molecule has 0 radical (unpaired) electrons. The van der Waals surface area contributed by atoms with Crippen molar-refractivity contribution in [2.24, 2.45) is 0 Å². The molecule has 0 aliphatic heterocycles. The molecule has 78 valence electrons. The van der Waals surface area contributed by atoms with Crippen molar-refractivity contribution in [1.29, 1.82) is 5.26 Å². The fourth-order valence-electron chi connectivity index (χ4n) is 1.45. The Kier molecular flexibility index (Phi) is 2.52. The Hall–Kier alpha value is -2.41. The van der Waals surface area contributed by atoms with Gasteiger partial charge in [0.15, 0.2) is 6.29 Å². The van der Waals surface area contributed by atoms with Crippen LogP contribution in [0.4, 0.5) is 4.39 Å². The number of benzene rings is 1. The van der Waals surface area contributed by atoms with E-state index in [0.29, 0.717) is 23.2 Å². The number of nitriles is 1. The zero-order valence-electron chi connectivity index (χ0n) is 8.22. The molecule has 0 amide bonds. The van der Waals surface area contributed by atoms with E-state index in [-0.39, 0.29) is 5.82 Å². The summed E-state index contributed by atoms with van der Waals surface area (Å²) in [5.41, 5.74) is 1.40. The molecule has 0 N–H and O–H groups in total. The minimum Gasteiger partial charge on any atom is -0.308 e. The van der Waals surface area contributed by atoms with Crippen LogP contribution in [0.5, 0.6) is 0 Å². The molecule has 0 aliphatic rings. The average Bonchev–Trinajstić information content (AvgIpc) is 2.73. The van der Waals surface area contributed by atoms with Crippen LogP contribution in [-0.2, 0) is 0 Å². The van der Waals surface area contributed by atoms with E-state index in [1.165, 1.54) is 18.2 Å². The molecule has 0 atom stereocenters. The lowest BCUT2D eigenvalue weighted by Crippen LogP contribution is -1.94. The second-order valence-electron chi connectivity index (χ2n) is 3.23. The van der Waals surface area contributed by atoms with Crippen molar-refractivity contribution in [3.8, 4) is 11.8 Å². The summed E-state index contributed by atoms with van der Waals surface area (Å²) in [6.07, 6.45) is 2.21. The summed E-state index contributed by atoms with van der Waals surface area (Å²) < 4.78 is 14.3. The lowest BCUT2D eigenvalue weighted by atomic mass is 10.3. The van der Waals surface area contributed by atoms with Gasteiger partial charge in [-0.2, -0.15) is 5.26 Å². The largest absolute Gasteiger partial charge is 0.308 e. The molecule has 2 rings (SSSR count). The van der Waals surface area contributed by atoms with Gasteiger partial charge in [0.25, 0.3) is 0 Å². The van der Waals surface area contributed by atoms with Gasteiger partial charge >= 0.3 is 0 Å². The predicted octanol–water partition coefficient (Wildman–Crippen LogP) is 2.30. The molecule has 1 aromatic heterocycles. The number of hydrogen-bond acceptors (Lipinski definition) is 2. The first kappa shape index (κ1) is 10.1. The third-order valence-corrected chi connectivity index (χ3v) is 2.20. The lowest BCUT2D eigenvalue weighted by molar-refractivity contribution is 0.112. The van der Waals surface area contributed by atoms with E-state index in [2.05, 4.69) is 0 Å². The maximum absolute atomic E-state index is 12.7. The van der Waals surface area contributed by atoms with Crippen LogP contribution in [0.1, 0.15) is 16.1 Å². The summed E-state index contributed by atoms with van der Waals surface area (Å²) in [7, 11) is 0. The number of aromatic nitrogens is 1. The first-order valence-electron chi connectivity index (χ1n) is 4.58. The van der Waals surface area contributed by atoms with Crippen LogP contribution in [0, 0.1) is 17.1 Å². The van der Waals surface area contributed by atoms with E-state index in [9.17, 15) is 9.18 Å². The van der Waals surface area contributed by atoms with Crippen molar-refractivity contribution in [3.63, 3.8) is 0 Å². The second kappa shape index (κ2) is 3.99. The third kappa shape index (κ3) is 1.71. The van der Waals surface area contributed by atoms with Gasteiger partial charge in [0.1, 0.15) is 17.6 Å². The number of aldehydes is 1. The lowest BCUT2D eigenvalue weighted by Gasteiger charge is -2.03. The average molecular weight is 214 g/mol. The molecule has 4 heteroatoms. The number of rotatable bonds is 2. The van der Waals surface area contributed by atoms with Gasteiger partial charge in [0.05, 0.1) is 0 Å². The Labute approximate surface area is 91.4 Å². The molecule has 0 spiro atoms. The van der Waals surface area contributed by atoms with Gasteiger partial charge < -0.3 is 4.57 Å². The quantitative estimate of drug-likeness (QED) is 0.720. The van der Waals surface area contributed by atoms with Gasteiger partial charge in [-0.1, -0.05) is 0 Å².